The Balaban J connectivity index is 1.92. The highest BCUT2D eigenvalue weighted by atomic mass is 16.4. The lowest BCUT2D eigenvalue weighted by Gasteiger charge is -2.31. The summed E-state index contributed by atoms with van der Waals surface area (Å²) in [6.07, 6.45) is 3.30. The van der Waals surface area contributed by atoms with Gasteiger partial charge < -0.3 is 9.52 Å². The first-order valence-electron chi connectivity index (χ1n) is 7.15. The summed E-state index contributed by atoms with van der Waals surface area (Å²) in [5.74, 6) is 2.00. The summed E-state index contributed by atoms with van der Waals surface area (Å²) in [5, 5.41) is 17.3. The second kappa shape index (κ2) is 6.01. The minimum Gasteiger partial charge on any atom is -0.423 e. The summed E-state index contributed by atoms with van der Waals surface area (Å²) in [7, 11) is 0. The van der Waals surface area contributed by atoms with Crippen molar-refractivity contribution in [2.45, 2.75) is 52.0 Å². The molecule has 0 aromatic carbocycles. The number of aliphatic hydroxyl groups excluding tert-OH is 1. The molecule has 19 heavy (non-hydrogen) atoms. The fraction of sp³-hybridized carbons (Fsp3) is 0.857. The normalized spacial score (nSPS) is 21.8. The van der Waals surface area contributed by atoms with Gasteiger partial charge in [0.25, 0.3) is 0 Å². The van der Waals surface area contributed by atoms with E-state index in [9.17, 15) is 0 Å². The Morgan fingerprint density at radius 1 is 1.37 bits per heavy atom. The molecule has 0 aliphatic carbocycles. The van der Waals surface area contributed by atoms with E-state index in [1.54, 1.807) is 0 Å². The SMILES string of the molecule is CC(C)(C)c1nnc(CN2CCCC(CCO)C2)o1. The third-order valence-corrected chi connectivity index (χ3v) is 3.61. The molecule has 0 radical (unpaired) electrons. The van der Waals surface area contributed by atoms with Crippen LogP contribution in [0.15, 0.2) is 4.42 Å². The third-order valence-electron chi connectivity index (χ3n) is 3.61. The van der Waals surface area contributed by atoms with Crippen molar-refractivity contribution in [3.05, 3.63) is 11.8 Å². The summed E-state index contributed by atoms with van der Waals surface area (Å²) in [6, 6.07) is 0. The number of hydrogen-bond donors (Lipinski definition) is 1. The molecular weight excluding hydrogens is 242 g/mol. The number of piperidine rings is 1. The van der Waals surface area contributed by atoms with Crippen molar-refractivity contribution >= 4 is 0 Å². The van der Waals surface area contributed by atoms with Gasteiger partial charge in [-0.2, -0.15) is 0 Å². The maximum atomic E-state index is 9.03. The second-order valence-electron chi connectivity index (χ2n) is 6.51. The highest BCUT2D eigenvalue weighted by Gasteiger charge is 2.24. The zero-order valence-corrected chi connectivity index (χ0v) is 12.2. The zero-order valence-electron chi connectivity index (χ0n) is 12.2. The molecular formula is C14H25N3O2. The van der Waals surface area contributed by atoms with E-state index in [1.165, 1.54) is 12.8 Å². The molecule has 2 rings (SSSR count). The summed E-state index contributed by atoms with van der Waals surface area (Å²) in [6.45, 7) is 9.33. The zero-order chi connectivity index (χ0) is 13.9. The van der Waals surface area contributed by atoms with Gasteiger partial charge in [-0.25, -0.2) is 0 Å². The van der Waals surface area contributed by atoms with E-state index in [-0.39, 0.29) is 12.0 Å². The molecule has 1 fully saturated rings. The van der Waals surface area contributed by atoms with E-state index < -0.39 is 0 Å². The molecule has 0 saturated carbocycles. The molecule has 1 N–H and O–H groups in total. The topological polar surface area (TPSA) is 62.4 Å². The van der Waals surface area contributed by atoms with E-state index >= 15 is 0 Å². The summed E-state index contributed by atoms with van der Waals surface area (Å²) in [4.78, 5) is 2.35. The first-order chi connectivity index (χ1) is 8.99. The van der Waals surface area contributed by atoms with Crippen LogP contribution in [0, 0.1) is 5.92 Å². The lowest BCUT2D eigenvalue weighted by Crippen LogP contribution is -2.35. The van der Waals surface area contributed by atoms with Crippen LogP contribution in [0.4, 0.5) is 0 Å². The van der Waals surface area contributed by atoms with Gasteiger partial charge in [-0.05, 0) is 31.7 Å². The summed E-state index contributed by atoms with van der Waals surface area (Å²) in [5.41, 5.74) is -0.0907. The predicted octanol–water partition coefficient (Wildman–Crippen LogP) is 1.96. The summed E-state index contributed by atoms with van der Waals surface area (Å²) < 4.78 is 5.73. The minimum atomic E-state index is -0.0907. The largest absolute Gasteiger partial charge is 0.423 e. The predicted molar refractivity (Wildman–Crippen MR) is 72.7 cm³/mol. The Hall–Kier alpha value is -0.940. The van der Waals surface area contributed by atoms with Gasteiger partial charge in [0.2, 0.25) is 11.8 Å². The fourth-order valence-electron chi connectivity index (χ4n) is 2.52. The van der Waals surface area contributed by atoms with Gasteiger partial charge in [-0.3, -0.25) is 4.90 Å². The average molecular weight is 267 g/mol. The highest BCUT2D eigenvalue weighted by Crippen LogP contribution is 2.23. The summed E-state index contributed by atoms with van der Waals surface area (Å²) >= 11 is 0. The van der Waals surface area contributed by atoms with Gasteiger partial charge in [0.15, 0.2) is 0 Å². The van der Waals surface area contributed by atoms with Gasteiger partial charge in [0.1, 0.15) is 0 Å². The Kier molecular flexibility index (Phi) is 4.58. The lowest BCUT2D eigenvalue weighted by molar-refractivity contribution is 0.132. The molecule has 2 heterocycles. The molecule has 0 bridgehead atoms. The van der Waals surface area contributed by atoms with Crippen LogP contribution in [0.25, 0.3) is 0 Å². The number of likely N-dealkylation sites (tertiary alicyclic amines) is 1. The molecule has 5 nitrogen and oxygen atoms in total. The Morgan fingerprint density at radius 3 is 2.79 bits per heavy atom. The van der Waals surface area contributed by atoms with E-state index in [4.69, 9.17) is 9.52 Å². The highest BCUT2D eigenvalue weighted by molar-refractivity contribution is 4.96. The molecule has 1 atom stereocenters. The lowest BCUT2D eigenvalue weighted by atomic mass is 9.95. The van der Waals surface area contributed by atoms with Crippen molar-refractivity contribution in [2.24, 2.45) is 5.92 Å². The van der Waals surface area contributed by atoms with Gasteiger partial charge >= 0.3 is 0 Å². The Bertz CT molecular complexity index is 396. The Labute approximate surface area is 115 Å². The van der Waals surface area contributed by atoms with Crippen molar-refractivity contribution in [1.82, 2.24) is 15.1 Å². The molecule has 5 heteroatoms. The van der Waals surface area contributed by atoms with Gasteiger partial charge in [0, 0.05) is 18.6 Å². The molecule has 0 spiro atoms. The maximum Gasteiger partial charge on any atom is 0.230 e. The molecule has 1 aromatic heterocycles. The minimum absolute atomic E-state index is 0.0907. The number of aliphatic hydroxyl groups is 1. The quantitative estimate of drug-likeness (QED) is 0.903. The number of nitrogens with zero attached hydrogens (tertiary/aromatic N) is 3. The fourth-order valence-corrected chi connectivity index (χ4v) is 2.52. The third kappa shape index (κ3) is 4.01. The maximum absolute atomic E-state index is 9.03. The smallest absolute Gasteiger partial charge is 0.230 e. The van der Waals surface area contributed by atoms with Gasteiger partial charge in [0.05, 0.1) is 6.54 Å². The van der Waals surface area contributed by atoms with Crippen LogP contribution in [0.2, 0.25) is 0 Å². The standard InChI is InChI=1S/C14H25N3O2/c1-14(2,3)13-16-15-12(19-13)10-17-7-4-5-11(9-17)6-8-18/h11,18H,4-10H2,1-3H3. The van der Waals surface area contributed by atoms with Gasteiger partial charge in [-0.15, -0.1) is 10.2 Å². The van der Waals surface area contributed by atoms with Crippen molar-refractivity contribution in [3.8, 4) is 0 Å². The van der Waals surface area contributed by atoms with Crippen molar-refractivity contribution in [3.63, 3.8) is 0 Å². The average Bonchev–Trinajstić information content (AvgIpc) is 2.78. The number of rotatable bonds is 4. The second-order valence-corrected chi connectivity index (χ2v) is 6.51. The van der Waals surface area contributed by atoms with Crippen molar-refractivity contribution in [2.75, 3.05) is 19.7 Å². The molecule has 1 saturated heterocycles. The van der Waals surface area contributed by atoms with E-state index in [2.05, 4.69) is 35.9 Å². The van der Waals surface area contributed by atoms with E-state index in [0.717, 1.165) is 26.1 Å². The Morgan fingerprint density at radius 2 is 2.16 bits per heavy atom. The van der Waals surface area contributed by atoms with Crippen LogP contribution in [-0.2, 0) is 12.0 Å². The monoisotopic (exact) mass is 267 g/mol. The molecule has 1 aromatic rings. The first kappa shape index (κ1) is 14.5. The molecule has 1 unspecified atom stereocenters. The van der Waals surface area contributed by atoms with Crippen LogP contribution < -0.4 is 0 Å². The first-order valence-corrected chi connectivity index (χ1v) is 7.15. The van der Waals surface area contributed by atoms with Crippen molar-refractivity contribution < 1.29 is 9.52 Å². The van der Waals surface area contributed by atoms with Crippen LogP contribution in [0.3, 0.4) is 0 Å². The van der Waals surface area contributed by atoms with E-state index in [0.29, 0.717) is 17.7 Å². The van der Waals surface area contributed by atoms with Crippen LogP contribution in [0.5, 0.6) is 0 Å². The van der Waals surface area contributed by atoms with Crippen LogP contribution in [0.1, 0.15) is 51.8 Å². The molecule has 108 valence electrons. The van der Waals surface area contributed by atoms with E-state index in [1.807, 2.05) is 0 Å². The molecule has 1 aliphatic heterocycles. The van der Waals surface area contributed by atoms with Crippen LogP contribution in [-0.4, -0.2) is 39.9 Å². The number of hydrogen-bond acceptors (Lipinski definition) is 5. The van der Waals surface area contributed by atoms with Crippen molar-refractivity contribution in [1.29, 1.82) is 0 Å². The molecule has 0 amide bonds. The molecule has 1 aliphatic rings. The number of aromatic nitrogens is 2. The van der Waals surface area contributed by atoms with Gasteiger partial charge in [-0.1, -0.05) is 20.8 Å². The van der Waals surface area contributed by atoms with Crippen LogP contribution >= 0.6 is 0 Å².